The van der Waals surface area contributed by atoms with Gasteiger partial charge in [-0.2, -0.15) is 0 Å². The summed E-state index contributed by atoms with van der Waals surface area (Å²) in [4.78, 5) is 13.5. The minimum absolute atomic E-state index is 0.000275. The molecule has 54 heavy (non-hydrogen) atoms. The standard InChI is InChI=1S/C49H100N2O3/c1-12-14-16-18-20-22-24-26-28-30-32-34-36-38-44(39-37-35-33-31-29-27-25-23-21-19-17-15-13-2)50-45(52)51-47(5,6)42-46(3,4)43-49(9,10)54-41-40-48(7,8)53-11/h44H,12-43H2,1-11H3,(H2,50,51,52). The molecule has 0 heterocycles. The molecule has 0 aromatic carbocycles. The van der Waals surface area contributed by atoms with Crippen molar-refractivity contribution in [3.8, 4) is 0 Å². The lowest BCUT2D eigenvalue weighted by atomic mass is 9.73. The SMILES string of the molecule is CCCCCCCCCCCCCCCC(CCCCCCCCCCCCCCC)NC(=O)NC(C)(C)CC(C)(C)CC(C)(C)OCCC(C)(C)OC. The van der Waals surface area contributed by atoms with Crippen LogP contribution in [0.5, 0.6) is 0 Å². The number of unbranched alkanes of at least 4 members (excludes halogenated alkanes) is 24. The predicted molar refractivity (Wildman–Crippen MR) is 239 cm³/mol. The molecule has 0 aliphatic heterocycles. The van der Waals surface area contributed by atoms with Gasteiger partial charge in [0.1, 0.15) is 0 Å². The van der Waals surface area contributed by atoms with E-state index in [1.165, 1.54) is 167 Å². The highest BCUT2D eigenvalue weighted by molar-refractivity contribution is 5.75. The second-order valence-corrected chi connectivity index (χ2v) is 20.1. The monoisotopic (exact) mass is 765 g/mol. The number of nitrogens with one attached hydrogen (secondary N) is 2. The predicted octanol–water partition coefficient (Wildman–Crippen LogP) is 15.8. The fourth-order valence-corrected chi connectivity index (χ4v) is 8.82. The van der Waals surface area contributed by atoms with Crippen molar-refractivity contribution in [1.82, 2.24) is 10.6 Å². The van der Waals surface area contributed by atoms with E-state index in [1.54, 1.807) is 7.11 Å². The number of urea groups is 1. The van der Waals surface area contributed by atoms with Crippen LogP contribution < -0.4 is 10.6 Å². The first-order valence-corrected chi connectivity index (χ1v) is 23.8. The second kappa shape index (κ2) is 32.2. The zero-order chi connectivity index (χ0) is 40.6. The van der Waals surface area contributed by atoms with E-state index < -0.39 is 0 Å². The number of hydrogen-bond acceptors (Lipinski definition) is 3. The molecule has 0 fully saturated rings. The summed E-state index contributed by atoms with van der Waals surface area (Å²) in [5.74, 6) is 0. The topological polar surface area (TPSA) is 59.6 Å². The van der Waals surface area contributed by atoms with Crippen LogP contribution in [0.15, 0.2) is 0 Å². The molecule has 0 aromatic rings. The second-order valence-electron chi connectivity index (χ2n) is 20.1. The first-order chi connectivity index (χ1) is 25.6. The lowest BCUT2D eigenvalue weighted by molar-refractivity contribution is -0.0763. The summed E-state index contributed by atoms with van der Waals surface area (Å²) in [6, 6.07) is 0.264. The van der Waals surface area contributed by atoms with Crippen molar-refractivity contribution in [2.75, 3.05) is 13.7 Å². The molecule has 324 valence electrons. The number of carbonyl (C=O) groups is 1. The Bertz CT molecular complexity index is 822. The number of hydrogen-bond donors (Lipinski definition) is 2. The van der Waals surface area contributed by atoms with E-state index in [4.69, 9.17) is 9.47 Å². The summed E-state index contributed by atoms with van der Waals surface area (Å²) in [5, 5.41) is 6.84. The van der Waals surface area contributed by atoms with Gasteiger partial charge < -0.3 is 20.1 Å². The fraction of sp³-hybridized carbons (Fsp3) is 0.980. The molecule has 0 atom stereocenters. The minimum atomic E-state index is -0.322. The molecule has 2 amide bonds. The fourth-order valence-electron chi connectivity index (χ4n) is 8.82. The van der Waals surface area contributed by atoms with Gasteiger partial charge in [0.05, 0.1) is 17.8 Å². The van der Waals surface area contributed by atoms with Gasteiger partial charge in [0.2, 0.25) is 0 Å². The number of carbonyl (C=O) groups excluding carboxylic acids is 1. The van der Waals surface area contributed by atoms with Crippen LogP contribution in [0, 0.1) is 5.41 Å². The van der Waals surface area contributed by atoms with Crippen molar-refractivity contribution in [3.05, 3.63) is 0 Å². The number of rotatable bonds is 39. The van der Waals surface area contributed by atoms with Gasteiger partial charge in [-0.15, -0.1) is 0 Å². The van der Waals surface area contributed by atoms with Crippen LogP contribution >= 0.6 is 0 Å². The van der Waals surface area contributed by atoms with Gasteiger partial charge in [-0.1, -0.05) is 195 Å². The van der Waals surface area contributed by atoms with E-state index >= 15 is 0 Å². The van der Waals surface area contributed by atoms with Gasteiger partial charge >= 0.3 is 6.03 Å². The van der Waals surface area contributed by atoms with Crippen molar-refractivity contribution >= 4 is 6.03 Å². The van der Waals surface area contributed by atoms with E-state index in [9.17, 15) is 4.79 Å². The Morgan fingerprint density at radius 3 is 1.20 bits per heavy atom. The molecule has 0 aromatic heterocycles. The van der Waals surface area contributed by atoms with Crippen molar-refractivity contribution in [3.63, 3.8) is 0 Å². The van der Waals surface area contributed by atoms with Crippen molar-refractivity contribution in [1.29, 1.82) is 0 Å². The Kier molecular flexibility index (Phi) is 31.7. The molecule has 0 radical (unpaired) electrons. The molecule has 5 heteroatoms. The van der Waals surface area contributed by atoms with Gasteiger partial charge in [-0.25, -0.2) is 4.79 Å². The number of ether oxygens (including phenoxy) is 2. The molecule has 0 aliphatic rings. The Hall–Kier alpha value is -0.810. The first-order valence-electron chi connectivity index (χ1n) is 23.8. The van der Waals surface area contributed by atoms with Crippen LogP contribution in [0.25, 0.3) is 0 Å². The van der Waals surface area contributed by atoms with E-state index in [-0.39, 0.29) is 34.2 Å². The molecule has 0 spiro atoms. The quantitative estimate of drug-likeness (QED) is 0.0613. The van der Waals surface area contributed by atoms with Crippen LogP contribution in [-0.4, -0.2) is 42.5 Å². The lowest BCUT2D eigenvalue weighted by Gasteiger charge is -2.40. The van der Waals surface area contributed by atoms with Gasteiger partial charge in [0, 0.05) is 18.7 Å². The highest BCUT2D eigenvalue weighted by Crippen LogP contribution is 2.37. The molecule has 0 saturated carbocycles. The summed E-state index contributed by atoms with van der Waals surface area (Å²) in [6.07, 6.45) is 40.6. The zero-order valence-electron chi connectivity index (χ0n) is 38.9. The maximum Gasteiger partial charge on any atom is 0.315 e. The Morgan fingerprint density at radius 2 is 0.852 bits per heavy atom. The summed E-state index contributed by atoms with van der Waals surface area (Å²) in [7, 11) is 1.77. The van der Waals surface area contributed by atoms with Crippen LogP contribution in [0.1, 0.15) is 268 Å². The van der Waals surface area contributed by atoms with Crippen LogP contribution in [0.3, 0.4) is 0 Å². The summed E-state index contributed by atoms with van der Waals surface area (Å²) >= 11 is 0. The molecular formula is C49H100N2O3. The minimum Gasteiger partial charge on any atom is -0.379 e. The van der Waals surface area contributed by atoms with E-state index in [1.807, 2.05) is 0 Å². The molecule has 0 unspecified atom stereocenters. The zero-order valence-corrected chi connectivity index (χ0v) is 38.9. The lowest BCUT2D eigenvalue weighted by Crippen LogP contribution is -2.53. The Morgan fingerprint density at radius 1 is 0.500 bits per heavy atom. The number of amides is 2. The molecular weight excluding hydrogens is 665 g/mol. The van der Waals surface area contributed by atoms with Gasteiger partial charge in [-0.05, 0) is 79.1 Å². The molecule has 0 aliphatic carbocycles. The van der Waals surface area contributed by atoms with Crippen molar-refractivity contribution in [2.45, 2.75) is 291 Å². The third-order valence-corrected chi connectivity index (χ3v) is 11.7. The number of methoxy groups -OCH3 is 1. The summed E-state index contributed by atoms with van der Waals surface area (Å²) in [5.41, 5.74) is -0.752. The average Bonchev–Trinajstić information content (AvgIpc) is 3.07. The third kappa shape index (κ3) is 34.4. The molecule has 0 rings (SSSR count). The summed E-state index contributed by atoms with van der Waals surface area (Å²) < 4.78 is 12.0. The Balaban J connectivity index is 4.77. The van der Waals surface area contributed by atoms with Crippen molar-refractivity contribution < 1.29 is 14.3 Å². The highest BCUT2D eigenvalue weighted by Gasteiger charge is 2.35. The van der Waals surface area contributed by atoms with Crippen LogP contribution in [0.2, 0.25) is 0 Å². The van der Waals surface area contributed by atoms with E-state index in [2.05, 4.69) is 79.9 Å². The molecule has 0 saturated heterocycles. The molecule has 0 bridgehead atoms. The average molecular weight is 765 g/mol. The van der Waals surface area contributed by atoms with Crippen LogP contribution in [-0.2, 0) is 9.47 Å². The maximum absolute atomic E-state index is 13.5. The smallest absolute Gasteiger partial charge is 0.315 e. The Labute approximate surface area is 340 Å². The maximum atomic E-state index is 13.5. The first kappa shape index (κ1) is 53.2. The van der Waals surface area contributed by atoms with E-state index in [0.29, 0.717) is 6.61 Å². The van der Waals surface area contributed by atoms with Crippen molar-refractivity contribution in [2.24, 2.45) is 5.41 Å². The van der Waals surface area contributed by atoms with E-state index in [0.717, 1.165) is 32.1 Å². The molecule has 5 nitrogen and oxygen atoms in total. The van der Waals surface area contributed by atoms with Crippen LogP contribution in [0.4, 0.5) is 4.79 Å². The highest BCUT2D eigenvalue weighted by atomic mass is 16.5. The van der Waals surface area contributed by atoms with Gasteiger partial charge in [-0.3, -0.25) is 0 Å². The third-order valence-electron chi connectivity index (χ3n) is 11.7. The largest absolute Gasteiger partial charge is 0.379 e. The summed E-state index contributed by atoms with van der Waals surface area (Å²) in [6.45, 7) is 22.8. The van der Waals surface area contributed by atoms with Gasteiger partial charge in [0.15, 0.2) is 0 Å². The van der Waals surface area contributed by atoms with Gasteiger partial charge in [0.25, 0.3) is 0 Å². The normalized spacial score (nSPS) is 12.9. The molecule has 2 N–H and O–H groups in total.